The molecule has 272 valence electrons. The molecule has 0 aromatic heterocycles. The maximum atomic E-state index is 12.6. The Balaban J connectivity index is 2.41. The second kappa shape index (κ2) is 28.7. The van der Waals surface area contributed by atoms with Gasteiger partial charge in [-0.05, 0) is 12.8 Å². The first-order valence-corrected chi connectivity index (χ1v) is 18.6. The van der Waals surface area contributed by atoms with Crippen LogP contribution in [0.2, 0.25) is 0 Å². The van der Waals surface area contributed by atoms with Gasteiger partial charge in [0.05, 0.1) is 13.2 Å². The van der Waals surface area contributed by atoms with Crippen LogP contribution in [0.4, 0.5) is 0 Å². The van der Waals surface area contributed by atoms with Crippen LogP contribution >= 0.6 is 0 Å². The highest BCUT2D eigenvalue weighted by Gasteiger charge is 2.44. The lowest BCUT2D eigenvalue weighted by molar-refractivity contribution is -0.305. The van der Waals surface area contributed by atoms with E-state index in [0.29, 0.717) is 6.42 Å². The number of esters is 2. The lowest BCUT2D eigenvalue weighted by atomic mass is 9.99. The Labute approximate surface area is 278 Å². The van der Waals surface area contributed by atoms with E-state index in [2.05, 4.69) is 13.8 Å². The van der Waals surface area contributed by atoms with Crippen LogP contribution in [0.3, 0.4) is 0 Å². The van der Waals surface area contributed by atoms with Gasteiger partial charge >= 0.3 is 11.9 Å². The zero-order chi connectivity index (χ0) is 33.8. The third kappa shape index (κ3) is 20.8. The number of unbranched alkanes of at least 4 members (excludes halogenated alkanes) is 19. The van der Waals surface area contributed by atoms with Gasteiger partial charge in [-0.1, -0.05) is 136 Å². The lowest BCUT2D eigenvalue weighted by Gasteiger charge is -2.39. The highest BCUT2D eigenvalue weighted by atomic mass is 16.7. The molecule has 46 heavy (non-hydrogen) atoms. The van der Waals surface area contributed by atoms with Crippen molar-refractivity contribution >= 4 is 11.9 Å². The summed E-state index contributed by atoms with van der Waals surface area (Å²) in [4.78, 5) is 25.0. The second-order valence-corrected chi connectivity index (χ2v) is 13.0. The van der Waals surface area contributed by atoms with Crippen molar-refractivity contribution in [2.45, 2.75) is 198 Å². The predicted octanol–water partition coefficient (Wildman–Crippen LogP) is 6.27. The van der Waals surface area contributed by atoms with Gasteiger partial charge in [0, 0.05) is 12.8 Å². The molecule has 0 saturated carbocycles. The van der Waals surface area contributed by atoms with Gasteiger partial charge in [-0.3, -0.25) is 9.59 Å². The zero-order valence-corrected chi connectivity index (χ0v) is 29.1. The van der Waals surface area contributed by atoms with Crippen LogP contribution in [0, 0.1) is 0 Å². The van der Waals surface area contributed by atoms with Gasteiger partial charge in [-0.15, -0.1) is 0 Å². The Bertz CT molecular complexity index is 734. The SMILES string of the molecule is CCCCCCCCCCCCCC(=O)OCC(COC1OC(CO)C(O)C(O)C1O)OC(=O)CCCCCCCCCCCC. The molecule has 10 nitrogen and oxygen atoms in total. The summed E-state index contributed by atoms with van der Waals surface area (Å²) >= 11 is 0. The molecular formula is C36H68O10. The largest absolute Gasteiger partial charge is 0.462 e. The van der Waals surface area contributed by atoms with Crippen LogP contribution in [0.25, 0.3) is 0 Å². The van der Waals surface area contributed by atoms with E-state index in [0.717, 1.165) is 38.5 Å². The first-order valence-electron chi connectivity index (χ1n) is 18.6. The van der Waals surface area contributed by atoms with Crippen LogP contribution < -0.4 is 0 Å². The lowest BCUT2D eigenvalue weighted by Crippen LogP contribution is -2.59. The molecule has 0 aromatic rings. The average Bonchev–Trinajstić information content (AvgIpc) is 3.05. The molecule has 6 atom stereocenters. The number of hydrogen-bond donors (Lipinski definition) is 4. The Hall–Kier alpha value is -1.30. The maximum Gasteiger partial charge on any atom is 0.306 e. The van der Waals surface area contributed by atoms with E-state index in [1.165, 1.54) is 89.9 Å². The Morgan fingerprint density at radius 1 is 0.587 bits per heavy atom. The van der Waals surface area contributed by atoms with Gasteiger partial charge in [0.1, 0.15) is 31.0 Å². The van der Waals surface area contributed by atoms with Crippen molar-refractivity contribution in [3.63, 3.8) is 0 Å². The molecule has 1 saturated heterocycles. The molecular weight excluding hydrogens is 592 g/mol. The highest BCUT2D eigenvalue weighted by molar-refractivity contribution is 5.70. The number of hydrogen-bond acceptors (Lipinski definition) is 10. The summed E-state index contributed by atoms with van der Waals surface area (Å²) in [6, 6.07) is 0. The first-order chi connectivity index (χ1) is 22.3. The molecule has 6 unspecified atom stereocenters. The molecule has 1 rings (SSSR count). The number of aliphatic hydroxyl groups excluding tert-OH is 4. The van der Waals surface area contributed by atoms with Gasteiger partial charge in [0.2, 0.25) is 0 Å². The fraction of sp³-hybridized carbons (Fsp3) is 0.944. The second-order valence-electron chi connectivity index (χ2n) is 13.0. The van der Waals surface area contributed by atoms with E-state index < -0.39 is 49.4 Å². The van der Waals surface area contributed by atoms with E-state index in [4.69, 9.17) is 18.9 Å². The first kappa shape index (κ1) is 42.7. The molecule has 1 aliphatic heterocycles. The highest BCUT2D eigenvalue weighted by Crippen LogP contribution is 2.22. The summed E-state index contributed by atoms with van der Waals surface area (Å²) in [5.41, 5.74) is 0. The van der Waals surface area contributed by atoms with E-state index in [9.17, 15) is 30.0 Å². The van der Waals surface area contributed by atoms with Crippen molar-refractivity contribution in [3.05, 3.63) is 0 Å². The van der Waals surface area contributed by atoms with Crippen molar-refractivity contribution in [3.8, 4) is 0 Å². The third-order valence-electron chi connectivity index (χ3n) is 8.74. The Morgan fingerprint density at radius 3 is 1.48 bits per heavy atom. The normalized spacial score (nSPS) is 22.1. The summed E-state index contributed by atoms with van der Waals surface area (Å²) in [7, 11) is 0. The van der Waals surface area contributed by atoms with Gasteiger partial charge in [0.25, 0.3) is 0 Å². The van der Waals surface area contributed by atoms with Crippen molar-refractivity contribution in [1.82, 2.24) is 0 Å². The van der Waals surface area contributed by atoms with Crippen molar-refractivity contribution in [2.75, 3.05) is 19.8 Å². The number of carbonyl (C=O) groups excluding carboxylic acids is 2. The van der Waals surface area contributed by atoms with Crippen LogP contribution in [-0.2, 0) is 28.5 Å². The Kier molecular flexibility index (Phi) is 26.6. The molecule has 0 spiro atoms. The molecule has 4 N–H and O–H groups in total. The third-order valence-corrected chi connectivity index (χ3v) is 8.74. The predicted molar refractivity (Wildman–Crippen MR) is 178 cm³/mol. The van der Waals surface area contributed by atoms with Crippen molar-refractivity contribution < 1.29 is 49.0 Å². The van der Waals surface area contributed by atoms with Crippen LogP contribution in [0.15, 0.2) is 0 Å². The van der Waals surface area contributed by atoms with E-state index in [1.54, 1.807) is 0 Å². The summed E-state index contributed by atoms with van der Waals surface area (Å²) in [6.07, 6.45) is 16.9. The molecule has 0 aliphatic carbocycles. The molecule has 1 fully saturated rings. The quantitative estimate of drug-likeness (QED) is 0.0512. The zero-order valence-electron chi connectivity index (χ0n) is 29.1. The van der Waals surface area contributed by atoms with Crippen molar-refractivity contribution in [1.29, 1.82) is 0 Å². The fourth-order valence-electron chi connectivity index (χ4n) is 5.72. The number of ether oxygens (including phenoxy) is 4. The van der Waals surface area contributed by atoms with Crippen LogP contribution in [0.1, 0.15) is 162 Å². The molecule has 0 bridgehead atoms. The molecule has 0 amide bonds. The summed E-state index contributed by atoms with van der Waals surface area (Å²) in [5, 5.41) is 39.8. The maximum absolute atomic E-state index is 12.6. The summed E-state index contributed by atoms with van der Waals surface area (Å²) in [5.74, 6) is -0.803. The molecule has 10 heteroatoms. The molecule has 0 radical (unpaired) electrons. The number of rotatable bonds is 30. The number of carbonyl (C=O) groups is 2. The van der Waals surface area contributed by atoms with E-state index >= 15 is 0 Å². The Morgan fingerprint density at radius 2 is 1.02 bits per heavy atom. The van der Waals surface area contributed by atoms with Crippen molar-refractivity contribution in [2.24, 2.45) is 0 Å². The number of aliphatic hydroxyl groups is 4. The van der Waals surface area contributed by atoms with Gasteiger partial charge in [-0.25, -0.2) is 0 Å². The molecule has 1 aliphatic rings. The minimum absolute atomic E-state index is 0.210. The minimum Gasteiger partial charge on any atom is -0.462 e. The van der Waals surface area contributed by atoms with E-state index in [-0.39, 0.29) is 32.0 Å². The van der Waals surface area contributed by atoms with Gasteiger partial charge < -0.3 is 39.4 Å². The minimum atomic E-state index is -1.59. The smallest absolute Gasteiger partial charge is 0.306 e. The molecule has 0 aromatic carbocycles. The van der Waals surface area contributed by atoms with Gasteiger partial charge in [-0.2, -0.15) is 0 Å². The van der Waals surface area contributed by atoms with Crippen LogP contribution in [-0.4, -0.2) is 89.0 Å². The van der Waals surface area contributed by atoms with Gasteiger partial charge in [0.15, 0.2) is 12.4 Å². The van der Waals surface area contributed by atoms with E-state index in [1.807, 2.05) is 0 Å². The fourth-order valence-corrected chi connectivity index (χ4v) is 5.72. The summed E-state index contributed by atoms with van der Waals surface area (Å²) < 4.78 is 22.0. The average molecular weight is 661 g/mol. The standard InChI is InChI=1S/C36H68O10/c1-3-5-7-9-11-13-15-17-18-20-22-24-31(38)43-27-29(28-44-36-35(42)34(41)33(40)30(26-37)46-36)45-32(39)25-23-21-19-16-14-12-10-8-6-4-2/h29-30,33-37,40-42H,3-28H2,1-2H3. The van der Waals surface area contributed by atoms with Crippen LogP contribution in [0.5, 0.6) is 0 Å². The topological polar surface area (TPSA) is 152 Å². The molecule has 1 heterocycles. The monoisotopic (exact) mass is 660 g/mol. The summed E-state index contributed by atoms with van der Waals surface area (Å²) in [6.45, 7) is 3.38.